The van der Waals surface area contributed by atoms with Gasteiger partial charge >= 0.3 is 6.18 Å². The van der Waals surface area contributed by atoms with Crippen molar-refractivity contribution in [2.45, 2.75) is 32.5 Å². The number of nitrogens with zero attached hydrogens (tertiary/aromatic N) is 3. The van der Waals surface area contributed by atoms with E-state index in [1.54, 1.807) is 0 Å². The Hall–Kier alpha value is -2.61. The van der Waals surface area contributed by atoms with Crippen molar-refractivity contribution in [2.24, 2.45) is 0 Å². The summed E-state index contributed by atoms with van der Waals surface area (Å²) in [5.74, 6) is -0.660. The quantitative estimate of drug-likeness (QED) is 0.701. The van der Waals surface area contributed by atoms with E-state index < -0.39 is 17.8 Å². The zero-order chi connectivity index (χ0) is 19.8. The summed E-state index contributed by atoms with van der Waals surface area (Å²) in [6, 6.07) is 9.77. The number of hydrogen-bond acceptors (Lipinski definition) is 3. The molecule has 1 aromatic carbocycles. The Morgan fingerprint density at radius 1 is 1.30 bits per heavy atom. The van der Waals surface area contributed by atoms with Crippen molar-refractivity contribution < 1.29 is 18.0 Å². The first kappa shape index (κ1) is 19.2. The summed E-state index contributed by atoms with van der Waals surface area (Å²) in [5.41, 5.74) is -0.546. The van der Waals surface area contributed by atoms with Crippen LogP contribution in [-0.4, -0.2) is 20.5 Å². The zero-order valence-corrected chi connectivity index (χ0v) is 15.3. The number of benzene rings is 1. The molecule has 0 saturated carbocycles. The Kier molecular flexibility index (Phi) is 5.10. The van der Waals surface area contributed by atoms with Crippen molar-refractivity contribution >= 4 is 23.2 Å². The van der Waals surface area contributed by atoms with Crippen LogP contribution in [0.25, 0.3) is 5.65 Å². The lowest BCUT2D eigenvalue weighted by atomic mass is 10.0. The molecule has 0 aliphatic heterocycles. The van der Waals surface area contributed by atoms with Gasteiger partial charge in [-0.2, -0.15) is 18.3 Å². The lowest BCUT2D eigenvalue weighted by Crippen LogP contribution is -2.28. The van der Waals surface area contributed by atoms with Crippen molar-refractivity contribution in [3.8, 4) is 0 Å². The highest BCUT2D eigenvalue weighted by atomic mass is 35.5. The number of halogens is 4. The maximum absolute atomic E-state index is 13.3. The van der Waals surface area contributed by atoms with E-state index in [1.165, 1.54) is 6.92 Å². The van der Waals surface area contributed by atoms with E-state index in [-0.39, 0.29) is 28.1 Å². The van der Waals surface area contributed by atoms with Gasteiger partial charge in [0.15, 0.2) is 11.3 Å². The third kappa shape index (κ3) is 3.75. The molecule has 0 aliphatic carbocycles. The van der Waals surface area contributed by atoms with Crippen molar-refractivity contribution in [3.05, 3.63) is 64.1 Å². The number of rotatable bonds is 4. The summed E-state index contributed by atoms with van der Waals surface area (Å²) in [5, 5.41) is 6.34. The molecule has 0 saturated heterocycles. The minimum Gasteiger partial charge on any atom is -0.344 e. The molecule has 9 heteroatoms. The van der Waals surface area contributed by atoms with Crippen LogP contribution in [0.5, 0.6) is 0 Å². The molecule has 1 unspecified atom stereocenters. The van der Waals surface area contributed by atoms with Crippen LogP contribution in [0.1, 0.15) is 46.8 Å². The number of carbonyl (C=O) groups is 1. The molecule has 2 aromatic heterocycles. The minimum atomic E-state index is -4.66. The molecule has 3 rings (SSSR count). The number of aromatic nitrogens is 3. The van der Waals surface area contributed by atoms with Crippen LogP contribution in [0, 0.1) is 6.92 Å². The summed E-state index contributed by atoms with van der Waals surface area (Å²) in [7, 11) is 0. The van der Waals surface area contributed by atoms with E-state index in [4.69, 9.17) is 11.6 Å². The van der Waals surface area contributed by atoms with Crippen LogP contribution < -0.4 is 5.32 Å². The van der Waals surface area contributed by atoms with E-state index >= 15 is 0 Å². The molecule has 142 valence electrons. The standard InChI is InChI=1S/C18H16ClF3N4O/c1-3-12(11-7-5-4-6-8-11)24-17(27)15-14(19)16-23-10(2)9-13(18(20,21)22)26(16)25-15/h4-9,12H,3H2,1-2H3,(H,24,27). The van der Waals surface area contributed by atoms with Gasteiger partial charge in [-0.1, -0.05) is 48.9 Å². The van der Waals surface area contributed by atoms with Crippen LogP contribution in [0.2, 0.25) is 5.02 Å². The maximum Gasteiger partial charge on any atom is 0.433 e. The maximum atomic E-state index is 13.3. The van der Waals surface area contributed by atoms with Crippen LogP contribution in [-0.2, 0) is 6.18 Å². The van der Waals surface area contributed by atoms with Crippen molar-refractivity contribution in [1.82, 2.24) is 19.9 Å². The zero-order valence-electron chi connectivity index (χ0n) is 14.5. The minimum absolute atomic E-state index is 0.124. The monoisotopic (exact) mass is 396 g/mol. The first-order chi connectivity index (χ1) is 12.7. The van der Waals surface area contributed by atoms with Gasteiger partial charge in [-0.15, -0.1) is 0 Å². The van der Waals surface area contributed by atoms with Crippen LogP contribution in [0.3, 0.4) is 0 Å². The fraction of sp³-hybridized carbons (Fsp3) is 0.278. The highest BCUT2D eigenvalue weighted by molar-refractivity contribution is 6.36. The number of hydrogen-bond donors (Lipinski definition) is 1. The van der Waals surface area contributed by atoms with Crippen molar-refractivity contribution in [2.75, 3.05) is 0 Å². The van der Waals surface area contributed by atoms with E-state index in [2.05, 4.69) is 15.4 Å². The molecular formula is C18H16ClF3N4O. The second-order valence-electron chi connectivity index (χ2n) is 6.02. The number of aryl methyl sites for hydroxylation is 1. The molecule has 1 amide bonds. The van der Waals surface area contributed by atoms with Gasteiger partial charge in [0.25, 0.3) is 5.91 Å². The predicted molar refractivity (Wildman–Crippen MR) is 94.7 cm³/mol. The van der Waals surface area contributed by atoms with Crippen LogP contribution in [0.15, 0.2) is 36.4 Å². The summed E-state index contributed by atoms with van der Waals surface area (Å²) >= 11 is 6.14. The Balaban J connectivity index is 2.01. The molecule has 5 nitrogen and oxygen atoms in total. The number of amides is 1. The van der Waals surface area contributed by atoms with Gasteiger partial charge in [-0.3, -0.25) is 4.79 Å². The second-order valence-corrected chi connectivity index (χ2v) is 6.40. The molecule has 1 atom stereocenters. The largest absolute Gasteiger partial charge is 0.433 e. The summed E-state index contributed by atoms with van der Waals surface area (Å²) < 4.78 is 40.4. The summed E-state index contributed by atoms with van der Waals surface area (Å²) in [6.45, 7) is 3.30. The topological polar surface area (TPSA) is 59.3 Å². The fourth-order valence-electron chi connectivity index (χ4n) is 2.79. The summed E-state index contributed by atoms with van der Waals surface area (Å²) in [6.07, 6.45) is -4.07. The lowest BCUT2D eigenvalue weighted by molar-refractivity contribution is -0.142. The highest BCUT2D eigenvalue weighted by Gasteiger charge is 2.36. The van der Waals surface area contributed by atoms with Gasteiger partial charge in [-0.25, -0.2) is 9.50 Å². The molecule has 0 bridgehead atoms. The third-order valence-corrected chi connectivity index (χ3v) is 4.43. The van der Waals surface area contributed by atoms with Crippen molar-refractivity contribution in [3.63, 3.8) is 0 Å². The molecule has 27 heavy (non-hydrogen) atoms. The molecular weight excluding hydrogens is 381 g/mol. The molecule has 3 aromatic rings. The Morgan fingerprint density at radius 3 is 2.56 bits per heavy atom. The molecule has 1 N–H and O–H groups in total. The normalized spacial score (nSPS) is 13.0. The number of fused-ring (bicyclic) bond motifs is 1. The smallest absolute Gasteiger partial charge is 0.344 e. The molecule has 0 radical (unpaired) electrons. The lowest BCUT2D eigenvalue weighted by Gasteiger charge is -2.16. The van der Waals surface area contributed by atoms with E-state index in [0.717, 1.165) is 11.6 Å². The predicted octanol–water partition coefficient (Wildman–Crippen LogP) is 4.59. The SMILES string of the molecule is CCC(NC(=O)c1nn2c(C(F)(F)F)cc(C)nc2c1Cl)c1ccccc1. The Morgan fingerprint density at radius 2 is 1.96 bits per heavy atom. The van der Waals surface area contributed by atoms with Crippen LogP contribution >= 0.6 is 11.6 Å². The van der Waals surface area contributed by atoms with E-state index in [9.17, 15) is 18.0 Å². The van der Waals surface area contributed by atoms with Gasteiger partial charge in [-0.05, 0) is 25.0 Å². The molecule has 0 spiro atoms. The third-order valence-electron chi connectivity index (χ3n) is 4.08. The fourth-order valence-corrected chi connectivity index (χ4v) is 3.04. The molecule has 2 heterocycles. The van der Waals surface area contributed by atoms with Gasteiger partial charge in [0.2, 0.25) is 0 Å². The van der Waals surface area contributed by atoms with Gasteiger partial charge in [0.05, 0.1) is 6.04 Å². The molecule has 0 fully saturated rings. The van der Waals surface area contributed by atoms with Crippen LogP contribution in [0.4, 0.5) is 13.2 Å². The average molecular weight is 397 g/mol. The van der Waals surface area contributed by atoms with Gasteiger partial charge in [0, 0.05) is 5.69 Å². The number of nitrogens with one attached hydrogen (secondary N) is 1. The van der Waals surface area contributed by atoms with E-state index in [1.807, 2.05) is 37.3 Å². The van der Waals surface area contributed by atoms with E-state index in [0.29, 0.717) is 10.9 Å². The average Bonchev–Trinajstić information content (AvgIpc) is 2.95. The van der Waals surface area contributed by atoms with Gasteiger partial charge < -0.3 is 5.32 Å². The van der Waals surface area contributed by atoms with Crippen molar-refractivity contribution in [1.29, 1.82) is 0 Å². The summed E-state index contributed by atoms with van der Waals surface area (Å²) in [4.78, 5) is 16.6. The van der Waals surface area contributed by atoms with Gasteiger partial charge in [0.1, 0.15) is 10.7 Å². The number of alkyl halides is 3. The first-order valence-corrected chi connectivity index (χ1v) is 8.59. The second kappa shape index (κ2) is 7.19. The Labute approximate surface area is 158 Å². The molecule has 0 aliphatic rings. The first-order valence-electron chi connectivity index (χ1n) is 8.21. The Bertz CT molecular complexity index is 986. The highest BCUT2D eigenvalue weighted by Crippen LogP contribution is 2.32. The number of carbonyl (C=O) groups excluding carboxylic acids is 1.